The van der Waals surface area contributed by atoms with Gasteiger partial charge in [0, 0.05) is 60.9 Å². The Morgan fingerprint density at radius 3 is 1.16 bits per heavy atom. The molecule has 6 heteroatoms. The number of hydrazine groups is 1. The van der Waals surface area contributed by atoms with E-state index in [9.17, 15) is 0 Å². The molecule has 3 N–H and O–H groups in total. The van der Waals surface area contributed by atoms with Crippen molar-refractivity contribution in [1.82, 2.24) is 30.9 Å². The average Bonchev–Trinajstić information content (AvgIpc) is 3.66. The first-order valence-corrected chi connectivity index (χ1v) is 28.8. The van der Waals surface area contributed by atoms with Crippen LogP contribution in [0.2, 0.25) is 0 Å². The highest BCUT2D eigenvalue weighted by Crippen LogP contribution is 2.57. The molecule has 61 heavy (non-hydrogen) atoms. The van der Waals surface area contributed by atoms with E-state index in [1.165, 1.54) is 199 Å². The Kier molecular flexibility index (Phi) is 14.4. The van der Waals surface area contributed by atoms with Crippen LogP contribution in [0.1, 0.15) is 231 Å². The Balaban J connectivity index is 0.773. The summed E-state index contributed by atoms with van der Waals surface area (Å²) in [6.45, 7) is 2.38. The van der Waals surface area contributed by atoms with Crippen LogP contribution in [0.3, 0.4) is 0 Å². The van der Waals surface area contributed by atoms with Crippen molar-refractivity contribution in [3.63, 3.8) is 0 Å². The van der Waals surface area contributed by atoms with E-state index in [1.54, 1.807) is 38.5 Å². The van der Waals surface area contributed by atoms with Crippen LogP contribution in [-0.2, 0) is 0 Å². The molecule has 9 unspecified atom stereocenters. The fourth-order valence-electron chi connectivity index (χ4n) is 18.9. The highest BCUT2D eigenvalue weighted by Gasteiger charge is 2.57. The molecule has 9 atom stereocenters. The zero-order chi connectivity index (χ0) is 40.5. The number of nitrogens with zero attached hydrogens (tertiary/aromatic N) is 3. The molecule has 0 bridgehead atoms. The van der Waals surface area contributed by atoms with E-state index < -0.39 is 0 Å². The van der Waals surface area contributed by atoms with E-state index in [0.29, 0.717) is 12.2 Å². The maximum Gasteiger partial charge on any atom is 0.0892 e. The predicted octanol–water partition coefficient (Wildman–Crippen LogP) is 11.7. The molecule has 0 amide bonds. The van der Waals surface area contributed by atoms with Crippen LogP contribution in [-0.4, -0.2) is 88.3 Å². The number of nitrogens with one attached hydrogen (secondary N) is 3. The second kappa shape index (κ2) is 20.3. The molecular weight excluding hydrogens is 745 g/mol. The number of fused-ring (bicyclic) bond motifs is 4. The Labute approximate surface area is 375 Å². The van der Waals surface area contributed by atoms with Crippen molar-refractivity contribution in [2.24, 2.45) is 41.4 Å². The van der Waals surface area contributed by atoms with Crippen LogP contribution in [0.5, 0.6) is 0 Å². The summed E-state index contributed by atoms with van der Waals surface area (Å²) in [7, 11) is 0. The number of piperidine rings is 1. The van der Waals surface area contributed by atoms with Gasteiger partial charge in [-0.2, -0.15) is 0 Å². The monoisotopic (exact) mass is 841 g/mol. The van der Waals surface area contributed by atoms with Gasteiger partial charge in [0.25, 0.3) is 0 Å². The summed E-state index contributed by atoms with van der Waals surface area (Å²) in [4.78, 5) is 9.69. The number of likely N-dealkylation sites (tertiary alicyclic amines) is 1. The second-order valence-corrected chi connectivity index (χ2v) is 24.6. The molecule has 11 rings (SSSR count). The smallest absolute Gasteiger partial charge is 0.0892 e. The first-order valence-electron chi connectivity index (χ1n) is 28.8. The summed E-state index contributed by atoms with van der Waals surface area (Å²) in [6.07, 6.45) is 54.7. The Hall–Kier alpha value is -0.240. The minimum Gasteiger partial charge on any atom is -0.311 e. The lowest BCUT2D eigenvalue weighted by atomic mass is 9.62. The van der Waals surface area contributed by atoms with Crippen molar-refractivity contribution in [1.29, 1.82) is 0 Å². The first kappa shape index (κ1) is 43.3. The van der Waals surface area contributed by atoms with Crippen LogP contribution < -0.4 is 16.2 Å². The van der Waals surface area contributed by atoms with E-state index in [1.807, 2.05) is 0 Å². The third-order valence-corrected chi connectivity index (χ3v) is 21.7. The standard InChI is InChI=1S/C55H96N6/c1-5-15-44(16-6-1)59(45-17-7-2-8-18-45)48-29-23-39(24-30-48)41-27-33-52-50(36-41)51-37-42(28-34-53(51)61(52)55-54-43(38-57-58-55)14-13-35-56-54)40-25-31-49(32-26-40)60(46-19-9-3-10-20-46)47-21-11-4-12-22-47/h39-58H,1-38H2. The van der Waals surface area contributed by atoms with Gasteiger partial charge in [0.1, 0.15) is 0 Å². The average molecular weight is 841 g/mol. The van der Waals surface area contributed by atoms with Gasteiger partial charge < -0.3 is 5.32 Å². The SMILES string of the molecule is C1CCC(N(C2CCCCC2)C2CCC(C3CCC4C(C3)C3CC(C5CCC(N(C6CCCCC6)C6CCCCC6)CC5)CCC3N4C3NNCC4CCCNC43)CC2)CC1. The Bertz CT molecular complexity index is 1210. The molecule has 8 aliphatic carbocycles. The van der Waals surface area contributed by atoms with Crippen LogP contribution >= 0.6 is 0 Å². The quantitative estimate of drug-likeness (QED) is 0.215. The van der Waals surface area contributed by atoms with Crippen molar-refractivity contribution in [3.8, 4) is 0 Å². The van der Waals surface area contributed by atoms with Gasteiger partial charge in [-0.25, -0.2) is 5.43 Å². The molecule has 6 nitrogen and oxygen atoms in total. The summed E-state index contributed by atoms with van der Waals surface area (Å²) in [5.41, 5.74) is 7.82. The molecule has 0 aromatic rings. The Morgan fingerprint density at radius 2 is 0.738 bits per heavy atom. The van der Waals surface area contributed by atoms with Crippen LogP contribution in [0.4, 0.5) is 0 Å². The maximum atomic E-state index is 4.13. The largest absolute Gasteiger partial charge is 0.311 e. The van der Waals surface area contributed by atoms with Crippen molar-refractivity contribution >= 4 is 0 Å². The molecule has 3 saturated heterocycles. The molecule has 11 fully saturated rings. The number of rotatable bonds is 9. The lowest BCUT2D eigenvalue weighted by Crippen LogP contribution is -2.71. The van der Waals surface area contributed by atoms with E-state index in [0.717, 1.165) is 96.3 Å². The first-order chi connectivity index (χ1) is 30.3. The van der Waals surface area contributed by atoms with E-state index >= 15 is 0 Å². The van der Waals surface area contributed by atoms with E-state index in [4.69, 9.17) is 0 Å². The topological polar surface area (TPSA) is 45.8 Å². The van der Waals surface area contributed by atoms with Gasteiger partial charge in [-0.05, 0) is 202 Å². The van der Waals surface area contributed by atoms with E-state index in [2.05, 4.69) is 30.9 Å². The van der Waals surface area contributed by atoms with Gasteiger partial charge >= 0.3 is 0 Å². The molecule has 3 aliphatic heterocycles. The highest BCUT2D eigenvalue weighted by atomic mass is 15.5. The zero-order valence-electron chi connectivity index (χ0n) is 39.5. The summed E-state index contributed by atoms with van der Waals surface area (Å²) >= 11 is 0. The number of hydrogen-bond donors (Lipinski definition) is 3. The van der Waals surface area contributed by atoms with Crippen LogP contribution in [0.25, 0.3) is 0 Å². The summed E-state index contributed by atoms with van der Waals surface area (Å²) < 4.78 is 0. The molecule has 0 aromatic carbocycles. The predicted molar refractivity (Wildman–Crippen MR) is 253 cm³/mol. The molecule has 8 saturated carbocycles. The Morgan fingerprint density at radius 1 is 0.344 bits per heavy atom. The van der Waals surface area contributed by atoms with Gasteiger partial charge in [0.15, 0.2) is 0 Å². The fraction of sp³-hybridized carbons (Fsp3) is 1.00. The highest BCUT2D eigenvalue weighted by molar-refractivity contribution is 5.10. The lowest BCUT2D eigenvalue weighted by molar-refractivity contribution is -0.0191. The third-order valence-electron chi connectivity index (χ3n) is 21.7. The molecule has 3 heterocycles. The van der Waals surface area contributed by atoms with Gasteiger partial charge in [-0.15, -0.1) is 0 Å². The molecule has 11 aliphatic rings. The fourth-order valence-corrected chi connectivity index (χ4v) is 18.9. The van der Waals surface area contributed by atoms with Gasteiger partial charge in [-0.3, -0.25) is 20.1 Å². The van der Waals surface area contributed by atoms with Crippen LogP contribution in [0.15, 0.2) is 0 Å². The van der Waals surface area contributed by atoms with Crippen molar-refractivity contribution in [2.45, 2.75) is 292 Å². The molecule has 0 radical (unpaired) electrons. The van der Waals surface area contributed by atoms with Crippen LogP contribution in [0, 0.1) is 41.4 Å². The van der Waals surface area contributed by atoms with Crippen molar-refractivity contribution in [3.05, 3.63) is 0 Å². The zero-order valence-corrected chi connectivity index (χ0v) is 39.5. The van der Waals surface area contributed by atoms with Crippen molar-refractivity contribution < 1.29 is 0 Å². The summed E-state index contributed by atoms with van der Waals surface area (Å²) in [5, 5.41) is 4.13. The van der Waals surface area contributed by atoms with E-state index in [-0.39, 0.29) is 0 Å². The summed E-state index contributed by atoms with van der Waals surface area (Å²) in [6, 6.07) is 7.71. The molecular formula is C55H96N6. The second-order valence-electron chi connectivity index (χ2n) is 24.6. The minimum absolute atomic E-state index is 0.483. The maximum absolute atomic E-state index is 4.13. The molecule has 346 valence electrons. The van der Waals surface area contributed by atoms with Gasteiger partial charge in [-0.1, -0.05) is 77.0 Å². The minimum atomic E-state index is 0.483. The third kappa shape index (κ3) is 9.26. The van der Waals surface area contributed by atoms with Crippen molar-refractivity contribution in [2.75, 3.05) is 13.1 Å². The molecule has 0 spiro atoms. The molecule has 0 aromatic heterocycles. The number of hydrogen-bond acceptors (Lipinski definition) is 6. The van der Waals surface area contributed by atoms with Gasteiger partial charge in [0.2, 0.25) is 0 Å². The summed E-state index contributed by atoms with van der Waals surface area (Å²) in [5.74, 6) is 6.70. The van der Waals surface area contributed by atoms with Gasteiger partial charge in [0.05, 0.1) is 6.17 Å². The lowest BCUT2D eigenvalue weighted by Gasteiger charge is -2.51. The normalized spacial score (nSPS) is 44.5.